The van der Waals surface area contributed by atoms with E-state index in [9.17, 15) is 13.2 Å². The van der Waals surface area contributed by atoms with Gasteiger partial charge in [0.05, 0.1) is 4.90 Å². The minimum absolute atomic E-state index is 0.0744. The summed E-state index contributed by atoms with van der Waals surface area (Å²) >= 11 is 0. The SMILES string of the molecule is CCCCCCNS(=O)(=O)c1ccc(NC(=O)C(C)(C)CC)cc1. The van der Waals surface area contributed by atoms with Crippen molar-refractivity contribution in [2.24, 2.45) is 5.41 Å². The molecule has 2 N–H and O–H groups in total. The number of unbranched alkanes of at least 4 members (excludes halogenated alkanes) is 3. The molecule has 0 aliphatic heterocycles. The quantitative estimate of drug-likeness (QED) is 0.625. The molecule has 0 saturated carbocycles. The first-order valence-corrected chi connectivity index (χ1v) is 10.1. The Labute approximate surface area is 146 Å². The van der Waals surface area contributed by atoms with Gasteiger partial charge in [0.1, 0.15) is 0 Å². The van der Waals surface area contributed by atoms with Gasteiger partial charge in [-0.2, -0.15) is 0 Å². The van der Waals surface area contributed by atoms with E-state index in [1.165, 1.54) is 12.1 Å². The molecule has 1 aromatic rings. The van der Waals surface area contributed by atoms with Crippen LogP contribution in [0.3, 0.4) is 0 Å². The molecule has 0 aliphatic carbocycles. The van der Waals surface area contributed by atoms with Crippen molar-refractivity contribution in [1.82, 2.24) is 4.72 Å². The Hall–Kier alpha value is -1.40. The summed E-state index contributed by atoms with van der Waals surface area (Å²) in [5, 5.41) is 2.82. The number of hydrogen-bond acceptors (Lipinski definition) is 3. The molecule has 0 aromatic heterocycles. The monoisotopic (exact) mass is 354 g/mol. The zero-order valence-electron chi connectivity index (χ0n) is 15.2. The molecule has 136 valence electrons. The minimum atomic E-state index is -3.49. The Morgan fingerprint density at radius 1 is 1.04 bits per heavy atom. The number of sulfonamides is 1. The molecule has 0 spiro atoms. The van der Waals surface area contributed by atoms with E-state index in [0.717, 1.165) is 32.1 Å². The summed E-state index contributed by atoms with van der Waals surface area (Å²) < 4.78 is 27.0. The molecule has 1 rings (SSSR count). The molecular weight excluding hydrogens is 324 g/mol. The summed E-state index contributed by atoms with van der Waals surface area (Å²) in [6.45, 7) is 8.28. The molecule has 6 heteroatoms. The Balaban J connectivity index is 2.64. The Kier molecular flexibility index (Phi) is 7.90. The molecule has 1 aromatic carbocycles. The molecule has 5 nitrogen and oxygen atoms in total. The van der Waals surface area contributed by atoms with Crippen LogP contribution in [0.15, 0.2) is 29.2 Å². The van der Waals surface area contributed by atoms with E-state index in [2.05, 4.69) is 17.0 Å². The van der Waals surface area contributed by atoms with Crippen LogP contribution in [0, 0.1) is 5.41 Å². The van der Waals surface area contributed by atoms with Gasteiger partial charge in [-0.3, -0.25) is 4.79 Å². The third kappa shape index (κ3) is 6.24. The second kappa shape index (κ2) is 9.18. The van der Waals surface area contributed by atoms with Gasteiger partial charge in [0, 0.05) is 17.6 Å². The van der Waals surface area contributed by atoms with Gasteiger partial charge in [0.2, 0.25) is 15.9 Å². The lowest BCUT2D eigenvalue weighted by Crippen LogP contribution is -2.30. The van der Waals surface area contributed by atoms with E-state index in [4.69, 9.17) is 0 Å². The molecule has 0 radical (unpaired) electrons. The third-order valence-electron chi connectivity index (χ3n) is 4.24. The van der Waals surface area contributed by atoms with Crippen LogP contribution in [-0.2, 0) is 14.8 Å². The number of nitrogens with one attached hydrogen (secondary N) is 2. The summed E-state index contributed by atoms with van der Waals surface area (Å²) in [4.78, 5) is 12.3. The Morgan fingerprint density at radius 3 is 2.21 bits per heavy atom. The number of carbonyl (C=O) groups excluding carboxylic acids is 1. The first-order valence-electron chi connectivity index (χ1n) is 8.64. The number of benzene rings is 1. The van der Waals surface area contributed by atoms with Crippen molar-refractivity contribution in [2.75, 3.05) is 11.9 Å². The van der Waals surface area contributed by atoms with Crippen LogP contribution < -0.4 is 10.0 Å². The summed E-state index contributed by atoms with van der Waals surface area (Å²) in [6.07, 6.45) is 4.83. The predicted molar refractivity (Wildman–Crippen MR) is 98.5 cm³/mol. The average Bonchev–Trinajstić information content (AvgIpc) is 2.55. The molecule has 0 heterocycles. The lowest BCUT2D eigenvalue weighted by molar-refractivity contribution is -0.124. The van der Waals surface area contributed by atoms with Crippen LogP contribution in [0.4, 0.5) is 5.69 Å². The molecule has 1 amide bonds. The van der Waals surface area contributed by atoms with Crippen LogP contribution >= 0.6 is 0 Å². The standard InChI is InChI=1S/C18H30N2O3S/c1-5-7-8-9-14-19-24(22,23)16-12-10-15(11-13-16)20-17(21)18(3,4)6-2/h10-13,19H,5-9,14H2,1-4H3,(H,20,21). The predicted octanol–water partition coefficient (Wildman–Crippen LogP) is 3.92. The zero-order chi connectivity index (χ0) is 18.2. The van der Waals surface area contributed by atoms with Crippen molar-refractivity contribution in [3.8, 4) is 0 Å². The van der Waals surface area contributed by atoms with Crippen LogP contribution in [-0.4, -0.2) is 20.9 Å². The smallest absolute Gasteiger partial charge is 0.240 e. The minimum Gasteiger partial charge on any atom is -0.326 e. The molecular formula is C18H30N2O3S. The first kappa shape index (κ1) is 20.6. The van der Waals surface area contributed by atoms with Gasteiger partial charge in [-0.25, -0.2) is 13.1 Å². The van der Waals surface area contributed by atoms with Crippen LogP contribution in [0.5, 0.6) is 0 Å². The van der Waals surface area contributed by atoms with E-state index in [1.54, 1.807) is 12.1 Å². The van der Waals surface area contributed by atoms with E-state index in [0.29, 0.717) is 12.2 Å². The van der Waals surface area contributed by atoms with Gasteiger partial charge in [0.25, 0.3) is 0 Å². The maximum Gasteiger partial charge on any atom is 0.240 e. The average molecular weight is 355 g/mol. The van der Waals surface area contributed by atoms with Gasteiger partial charge in [-0.15, -0.1) is 0 Å². The highest BCUT2D eigenvalue weighted by Crippen LogP contribution is 2.23. The molecule has 24 heavy (non-hydrogen) atoms. The highest BCUT2D eigenvalue weighted by molar-refractivity contribution is 7.89. The highest BCUT2D eigenvalue weighted by atomic mass is 32.2. The molecule has 0 atom stereocenters. The highest BCUT2D eigenvalue weighted by Gasteiger charge is 2.25. The number of amides is 1. The molecule has 0 unspecified atom stereocenters. The Bertz CT molecular complexity index is 622. The summed E-state index contributed by atoms with van der Waals surface area (Å²) in [5.41, 5.74) is 0.147. The lowest BCUT2D eigenvalue weighted by atomic mass is 9.89. The third-order valence-corrected chi connectivity index (χ3v) is 5.72. The van der Waals surface area contributed by atoms with Crippen molar-refractivity contribution in [2.45, 2.75) is 64.7 Å². The van der Waals surface area contributed by atoms with Crippen molar-refractivity contribution >= 4 is 21.6 Å². The Morgan fingerprint density at radius 2 is 1.67 bits per heavy atom. The first-order chi connectivity index (χ1) is 11.2. The fourth-order valence-electron chi connectivity index (χ4n) is 2.02. The normalized spacial score (nSPS) is 12.2. The topological polar surface area (TPSA) is 75.3 Å². The van der Waals surface area contributed by atoms with Crippen molar-refractivity contribution in [3.05, 3.63) is 24.3 Å². The van der Waals surface area contributed by atoms with E-state index < -0.39 is 15.4 Å². The molecule has 0 fully saturated rings. The van der Waals surface area contributed by atoms with Gasteiger partial charge >= 0.3 is 0 Å². The van der Waals surface area contributed by atoms with E-state index in [-0.39, 0.29) is 10.8 Å². The van der Waals surface area contributed by atoms with E-state index in [1.807, 2.05) is 20.8 Å². The fourth-order valence-corrected chi connectivity index (χ4v) is 3.09. The number of carbonyl (C=O) groups is 1. The number of hydrogen-bond donors (Lipinski definition) is 2. The molecule has 0 aliphatic rings. The maximum absolute atomic E-state index is 12.2. The van der Waals surface area contributed by atoms with E-state index >= 15 is 0 Å². The largest absolute Gasteiger partial charge is 0.326 e. The fraction of sp³-hybridized carbons (Fsp3) is 0.611. The lowest BCUT2D eigenvalue weighted by Gasteiger charge is -2.21. The second-order valence-electron chi connectivity index (χ2n) is 6.67. The molecule has 0 bridgehead atoms. The van der Waals surface area contributed by atoms with Crippen LogP contribution in [0.1, 0.15) is 59.8 Å². The number of rotatable bonds is 10. The van der Waals surface area contributed by atoms with Gasteiger partial charge in [0.15, 0.2) is 0 Å². The summed E-state index contributed by atoms with van der Waals surface area (Å²) in [5.74, 6) is -0.0744. The van der Waals surface area contributed by atoms with Crippen molar-refractivity contribution in [1.29, 1.82) is 0 Å². The van der Waals surface area contributed by atoms with Crippen molar-refractivity contribution in [3.63, 3.8) is 0 Å². The van der Waals surface area contributed by atoms with Crippen LogP contribution in [0.2, 0.25) is 0 Å². The molecule has 0 saturated heterocycles. The number of anilines is 1. The van der Waals surface area contributed by atoms with Gasteiger partial charge < -0.3 is 5.32 Å². The van der Waals surface area contributed by atoms with Crippen LogP contribution in [0.25, 0.3) is 0 Å². The van der Waals surface area contributed by atoms with Gasteiger partial charge in [-0.1, -0.05) is 47.0 Å². The summed E-state index contributed by atoms with van der Waals surface area (Å²) in [6, 6.07) is 6.27. The maximum atomic E-state index is 12.2. The zero-order valence-corrected chi connectivity index (χ0v) is 16.0. The van der Waals surface area contributed by atoms with Crippen molar-refractivity contribution < 1.29 is 13.2 Å². The summed E-state index contributed by atoms with van der Waals surface area (Å²) in [7, 11) is -3.49. The van der Waals surface area contributed by atoms with Gasteiger partial charge in [-0.05, 0) is 37.1 Å². The second-order valence-corrected chi connectivity index (χ2v) is 8.44.